The Kier molecular flexibility index (Phi) is 46.6. The van der Waals surface area contributed by atoms with Gasteiger partial charge in [0.2, 0.25) is 0 Å². The molecule has 1 heterocycles. The van der Waals surface area contributed by atoms with Crippen molar-refractivity contribution in [2.75, 3.05) is 13.2 Å². The molecule has 1 rings (SSSR count). The molecule has 1 aliphatic heterocycles. The Morgan fingerprint density at radius 1 is 0.467 bits per heavy atom. The SMILES string of the molecule is CC/C=C\C/C=C\C/C=C\C/C=C\C/C=C\CC(=O)OCC(COC1OC(C(=O)O)C(O)C(O)C1OC(=O)CCCCCCCCC/C=C\CCCCCCCC)OC(=O)CCCCCCC/C=C\CCCCCC. The summed E-state index contributed by atoms with van der Waals surface area (Å²) in [5.41, 5.74) is 0. The predicted molar refractivity (Wildman–Crippen MR) is 303 cm³/mol. The molecule has 0 spiro atoms. The van der Waals surface area contributed by atoms with Crippen LogP contribution in [0.25, 0.3) is 0 Å². The quantitative estimate of drug-likeness (QED) is 0.0228. The number of hydrogen-bond acceptors (Lipinski definition) is 11. The van der Waals surface area contributed by atoms with E-state index in [0.717, 1.165) is 103 Å². The van der Waals surface area contributed by atoms with Gasteiger partial charge in [0.15, 0.2) is 24.6 Å². The minimum atomic E-state index is -1.92. The Balaban J connectivity index is 2.74. The van der Waals surface area contributed by atoms with Crippen molar-refractivity contribution in [1.29, 1.82) is 0 Å². The molecule has 6 unspecified atom stereocenters. The molecule has 0 aromatic rings. The Bertz CT molecular complexity index is 1630. The fraction of sp³-hybridized carbons (Fsp3) is 0.714. The first-order valence-corrected chi connectivity index (χ1v) is 29.6. The number of carboxylic acids is 1. The Morgan fingerprint density at radius 2 is 0.880 bits per heavy atom. The number of esters is 3. The fourth-order valence-corrected chi connectivity index (χ4v) is 8.43. The topological polar surface area (TPSA) is 175 Å². The van der Waals surface area contributed by atoms with Crippen LogP contribution in [0.3, 0.4) is 0 Å². The summed E-state index contributed by atoms with van der Waals surface area (Å²) in [6.45, 7) is 5.76. The molecule has 0 aromatic heterocycles. The van der Waals surface area contributed by atoms with Gasteiger partial charge in [-0.3, -0.25) is 14.4 Å². The molecule has 1 aliphatic rings. The normalized spacial score (nSPS) is 18.8. The van der Waals surface area contributed by atoms with Gasteiger partial charge in [-0.25, -0.2) is 4.79 Å². The zero-order chi connectivity index (χ0) is 54.7. The third kappa shape index (κ3) is 40.8. The van der Waals surface area contributed by atoms with Crippen molar-refractivity contribution in [1.82, 2.24) is 0 Å². The molecular weight excluding hydrogens is 949 g/mol. The van der Waals surface area contributed by atoms with Crippen molar-refractivity contribution >= 4 is 23.9 Å². The zero-order valence-corrected chi connectivity index (χ0v) is 47.0. The molecule has 0 aromatic carbocycles. The van der Waals surface area contributed by atoms with E-state index in [-0.39, 0.29) is 25.9 Å². The monoisotopic (exact) mass is 1050 g/mol. The molecule has 1 saturated heterocycles. The minimum Gasteiger partial charge on any atom is -0.479 e. The Labute approximate surface area is 454 Å². The third-order valence-corrected chi connectivity index (χ3v) is 13.0. The number of ether oxygens (including phenoxy) is 5. The average Bonchev–Trinajstić information content (AvgIpc) is 3.39. The van der Waals surface area contributed by atoms with E-state index in [0.29, 0.717) is 19.3 Å². The van der Waals surface area contributed by atoms with Gasteiger partial charge >= 0.3 is 23.9 Å². The number of aliphatic hydroxyl groups is 2. The highest BCUT2D eigenvalue weighted by Crippen LogP contribution is 2.26. The molecule has 12 nitrogen and oxygen atoms in total. The summed E-state index contributed by atoms with van der Waals surface area (Å²) in [5, 5.41) is 31.5. The standard InChI is InChI=1S/C63H104O12/c1-4-7-10-13-16-19-22-25-27-28-30-33-36-39-42-45-48-51-57(66)74-61-59(68)58(67)60(62(69)70)75-63(61)72-53-54(73-56(65)50-47-44-41-38-35-31-24-21-18-15-12-9-6-3)52-71-55(64)49-46-43-40-37-34-32-29-26-23-20-17-14-11-8-5-2/h8,11,17,20-21,24-27,29,34,37,43,46,54,58-61,63,67-68H,4-7,9-10,12-16,18-19,22-23,28,30-33,35-36,38-42,44-45,47-53H2,1-3H3,(H,69,70)/b11-8-,20-17-,24-21-,27-25-,29-26-,37-34-,46-43-. The highest BCUT2D eigenvalue weighted by Gasteiger charge is 2.50. The molecule has 428 valence electrons. The van der Waals surface area contributed by atoms with Crippen LogP contribution in [0, 0.1) is 0 Å². The number of allylic oxidation sites excluding steroid dienone is 13. The van der Waals surface area contributed by atoms with Gasteiger partial charge in [0, 0.05) is 12.8 Å². The lowest BCUT2D eigenvalue weighted by molar-refractivity contribution is -0.301. The summed E-state index contributed by atoms with van der Waals surface area (Å²) in [6.07, 6.45) is 52.9. The van der Waals surface area contributed by atoms with Crippen molar-refractivity contribution in [3.8, 4) is 0 Å². The van der Waals surface area contributed by atoms with Crippen molar-refractivity contribution in [3.05, 3.63) is 85.1 Å². The first-order valence-electron chi connectivity index (χ1n) is 29.6. The molecule has 1 fully saturated rings. The van der Waals surface area contributed by atoms with Crippen LogP contribution < -0.4 is 0 Å². The van der Waals surface area contributed by atoms with Crippen LogP contribution in [-0.2, 0) is 42.9 Å². The maximum absolute atomic E-state index is 13.1. The maximum Gasteiger partial charge on any atom is 0.335 e. The summed E-state index contributed by atoms with van der Waals surface area (Å²) in [5.74, 6) is -3.30. The molecule has 0 amide bonds. The van der Waals surface area contributed by atoms with Crippen LogP contribution in [0.2, 0.25) is 0 Å². The smallest absolute Gasteiger partial charge is 0.335 e. The first-order chi connectivity index (χ1) is 36.6. The van der Waals surface area contributed by atoms with E-state index in [2.05, 4.69) is 87.6 Å². The second-order valence-electron chi connectivity index (χ2n) is 19.9. The first kappa shape index (κ1) is 68.9. The van der Waals surface area contributed by atoms with Crippen LogP contribution in [0.5, 0.6) is 0 Å². The summed E-state index contributed by atoms with van der Waals surface area (Å²) in [4.78, 5) is 51.0. The zero-order valence-electron chi connectivity index (χ0n) is 47.0. The van der Waals surface area contributed by atoms with E-state index in [4.69, 9.17) is 23.7 Å². The summed E-state index contributed by atoms with van der Waals surface area (Å²) in [7, 11) is 0. The van der Waals surface area contributed by atoms with E-state index in [1.165, 1.54) is 77.0 Å². The number of rotatable bonds is 49. The van der Waals surface area contributed by atoms with E-state index in [9.17, 15) is 34.5 Å². The number of hydrogen-bond donors (Lipinski definition) is 3. The van der Waals surface area contributed by atoms with Crippen LogP contribution >= 0.6 is 0 Å². The van der Waals surface area contributed by atoms with Gasteiger partial charge in [-0.05, 0) is 96.3 Å². The van der Waals surface area contributed by atoms with Gasteiger partial charge < -0.3 is 39.0 Å². The fourth-order valence-electron chi connectivity index (χ4n) is 8.43. The molecule has 0 bridgehead atoms. The van der Waals surface area contributed by atoms with E-state index >= 15 is 0 Å². The van der Waals surface area contributed by atoms with E-state index in [1.54, 1.807) is 6.08 Å². The van der Waals surface area contributed by atoms with Crippen molar-refractivity contribution in [3.63, 3.8) is 0 Å². The summed E-state index contributed by atoms with van der Waals surface area (Å²) < 4.78 is 28.3. The van der Waals surface area contributed by atoms with Crippen LogP contribution in [0.4, 0.5) is 0 Å². The molecule has 0 aliphatic carbocycles. The molecule has 0 radical (unpaired) electrons. The second kappa shape index (κ2) is 50.7. The van der Waals surface area contributed by atoms with Crippen molar-refractivity contribution in [2.45, 2.75) is 276 Å². The van der Waals surface area contributed by atoms with Crippen molar-refractivity contribution in [2.24, 2.45) is 0 Å². The minimum absolute atomic E-state index is 0.0187. The highest BCUT2D eigenvalue weighted by atomic mass is 16.7. The van der Waals surface area contributed by atoms with Gasteiger partial charge in [0.1, 0.15) is 18.8 Å². The molecule has 3 N–H and O–H groups in total. The molecule has 0 saturated carbocycles. The lowest BCUT2D eigenvalue weighted by atomic mass is 9.98. The van der Waals surface area contributed by atoms with Gasteiger partial charge in [-0.15, -0.1) is 0 Å². The molecule has 75 heavy (non-hydrogen) atoms. The van der Waals surface area contributed by atoms with Crippen LogP contribution in [0.1, 0.15) is 239 Å². The largest absolute Gasteiger partial charge is 0.479 e. The van der Waals surface area contributed by atoms with E-state index < -0.39 is 67.3 Å². The van der Waals surface area contributed by atoms with Crippen LogP contribution in [0.15, 0.2) is 85.1 Å². The van der Waals surface area contributed by atoms with Gasteiger partial charge in [-0.2, -0.15) is 0 Å². The number of aliphatic carboxylic acids is 1. The number of unbranched alkanes of at least 4 members (excludes halogenated alkanes) is 22. The highest BCUT2D eigenvalue weighted by molar-refractivity contribution is 5.74. The Hall–Kier alpha value is -4.10. The molecular formula is C63H104O12. The predicted octanol–water partition coefficient (Wildman–Crippen LogP) is 15.1. The van der Waals surface area contributed by atoms with Gasteiger partial charge in [-0.1, -0.05) is 209 Å². The van der Waals surface area contributed by atoms with Crippen molar-refractivity contribution < 1.29 is 58.2 Å². The number of carbonyl (C=O) groups is 4. The number of carboxylic acid groups (broad SMARTS) is 1. The van der Waals surface area contributed by atoms with Crippen LogP contribution in [-0.4, -0.2) is 89.2 Å². The van der Waals surface area contributed by atoms with Gasteiger partial charge in [0.05, 0.1) is 13.0 Å². The van der Waals surface area contributed by atoms with E-state index in [1.807, 2.05) is 12.2 Å². The lowest BCUT2D eigenvalue weighted by Gasteiger charge is -2.40. The second-order valence-corrected chi connectivity index (χ2v) is 19.9. The average molecular weight is 1050 g/mol. The number of aliphatic hydroxyl groups excluding tert-OH is 2. The third-order valence-electron chi connectivity index (χ3n) is 13.0. The molecule has 6 atom stereocenters. The number of carbonyl (C=O) groups excluding carboxylic acids is 3. The lowest BCUT2D eigenvalue weighted by Crippen LogP contribution is -2.61. The molecule has 12 heteroatoms. The maximum atomic E-state index is 13.1. The van der Waals surface area contributed by atoms with Gasteiger partial charge in [0.25, 0.3) is 0 Å². The summed E-state index contributed by atoms with van der Waals surface area (Å²) >= 11 is 0. The summed E-state index contributed by atoms with van der Waals surface area (Å²) in [6, 6.07) is 0. The Morgan fingerprint density at radius 3 is 1.35 bits per heavy atom.